The number of thiophene rings is 1. The van der Waals surface area contributed by atoms with Gasteiger partial charge in [-0.1, -0.05) is 50.2 Å². The Morgan fingerprint density at radius 2 is 1.86 bits per heavy atom. The van der Waals surface area contributed by atoms with E-state index in [9.17, 15) is 0 Å². The second-order valence-electron chi connectivity index (χ2n) is 8.33. The van der Waals surface area contributed by atoms with Gasteiger partial charge in [0.25, 0.3) is 0 Å². The minimum atomic E-state index is 0. The van der Waals surface area contributed by atoms with Gasteiger partial charge in [-0.15, -0.1) is 35.3 Å². The molecule has 1 aromatic carbocycles. The van der Waals surface area contributed by atoms with Crippen molar-refractivity contribution in [1.82, 2.24) is 15.5 Å². The first-order valence-electron chi connectivity index (χ1n) is 10.3. The maximum atomic E-state index is 4.45. The highest BCUT2D eigenvalue weighted by atomic mass is 127. The molecule has 2 heterocycles. The van der Waals surface area contributed by atoms with Crippen LogP contribution in [0.15, 0.2) is 52.8 Å². The minimum Gasteiger partial charge on any atom is -0.356 e. The van der Waals surface area contributed by atoms with Crippen molar-refractivity contribution in [3.05, 3.63) is 58.3 Å². The maximum absolute atomic E-state index is 4.45. The molecule has 0 radical (unpaired) electrons. The van der Waals surface area contributed by atoms with Crippen LogP contribution in [0.1, 0.15) is 50.1 Å². The molecule has 4 nitrogen and oxygen atoms in total. The summed E-state index contributed by atoms with van der Waals surface area (Å²) in [6, 6.07) is 16.1. The fraction of sp³-hybridized carbons (Fsp3) is 0.522. The Kier molecular flexibility index (Phi) is 9.43. The molecule has 0 spiro atoms. The van der Waals surface area contributed by atoms with Gasteiger partial charge < -0.3 is 10.6 Å². The minimum absolute atomic E-state index is 0. The first-order chi connectivity index (χ1) is 13.5. The quantitative estimate of drug-likeness (QED) is 0.315. The molecule has 29 heavy (non-hydrogen) atoms. The number of hydrogen-bond donors (Lipinski definition) is 2. The molecule has 1 aromatic heterocycles. The summed E-state index contributed by atoms with van der Waals surface area (Å²) in [5.74, 6) is 0.916. The van der Waals surface area contributed by atoms with Crippen LogP contribution < -0.4 is 10.6 Å². The topological polar surface area (TPSA) is 39.7 Å². The summed E-state index contributed by atoms with van der Waals surface area (Å²) in [5, 5.41) is 9.32. The number of likely N-dealkylation sites (tertiary alicyclic amines) is 1. The number of halogens is 1. The lowest BCUT2D eigenvalue weighted by atomic mass is 9.91. The number of benzene rings is 1. The predicted molar refractivity (Wildman–Crippen MR) is 137 cm³/mol. The molecular weight excluding hydrogens is 491 g/mol. The maximum Gasteiger partial charge on any atom is 0.191 e. The zero-order chi connectivity index (χ0) is 20.0. The Morgan fingerprint density at radius 3 is 2.45 bits per heavy atom. The van der Waals surface area contributed by atoms with E-state index in [0.717, 1.165) is 38.4 Å². The first kappa shape index (κ1) is 24.2. The van der Waals surface area contributed by atoms with Crippen LogP contribution in [0.5, 0.6) is 0 Å². The average Bonchev–Trinajstić information content (AvgIpc) is 3.28. The van der Waals surface area contributed by atoms with Crippen LogP contribution >= 0.6 is 35.3 Å². The van der Waals surface area contributed by atoms with Crippen LogP contribution in [0.25, 0.3) is 0 Å². The zero-order valence-electron chi connectivity index (χ0n) is 18.0. The van der Waals surface area contributed by atoms with Crippen molar-refractivity contribution in [3.8, 4) is 0 Å². The Bertz CT molecular complexity index is 738. The molecule has 6 heteroatoms. The van der Waals surface area contributed by atoms with Gasteiger partial charge in [0.2, 0.25) is 0 Å². The molecule has 2 aromatic rings. The summed E-state index contributed by atoms with van der Waals surface area (Å²) in [7, 11) is 1.86. The summed E-state index contributed by atoms with van der Waals surface area (Å²) >= 11 is 1.82. The van der Waals surface area contributed by atoms with Crippen LogP contribution in [0.4, 0.5) is 0 Å². The number of rotatable bonds is 6. The molecule has 160 valence electrons. The van der Waals surface area contributed by atoms with Gasteiger partial charge in [0.1, 0.15) is 0 Å². The lowest BCUT2D eigenvalue weighted by Crippen LogP contribution is -2.50. The van der Waals surface area contributed by atoms with E-state index in [1.54, 1.807) is 0 Å². The average molecular weight is 527 g/mol. The third-order valence-corrected chi connectivity index (χ3v) is 7.05. The number of nitrogens with zero attached hydrogens (tertiary/aromatic N) is 2. The third-order valence-electron chi connectivity index (χ3n) is 5.81. The second-order valence-corrected chi connectivity index (χ2v) is 9.28. The van der Waals surface area contributed by atoms with Gasteiger partial charge in [-0.3, -0.25) is 9.89 Å². The molecule has 1 fully saturated rings. The molecule has 2 N–H and O–H groups in total. The standard InChI is InChI=1S/C23H34N4S.HI/c1-18(19-9-6-5-7-10-19)27-14-12-20(13-15-27)26-22(24-4)25-17-23(2,3)21-11-8-16-28-21;/h5-11,16,18,20H,12-15,17H2,1-4H3,(H2,24,25,26);1H. The van der Waals surface area contributed by atoms with Crippen LogP contribution in [-0.4, -0.2) is 43.6 Å². The number of piperidine rings is 1. The van der Waals surface area contributed by atoms with Gasteiger partial charge in [0.15, 0.2) is 5.96 Å². The molecule has 3 rings (SSSR count). The SMILES string of the molecule is CN=C(NCC(C)(C)c1cccs1)NC1CCN(C(C)c2ccccc2)CC1.I. The molecule has 1 saturated heterocycles. The lowest BCUT2D eigenvalue weighted by molar-refractivity contribution is 0.158. The van der Waals surface area contributed by atoms with E-state index < -0.39 is 0 Å². The zero-order valence-corrected chi connectivity index (χ0v) is 21.2. The third kappa shape index (κ3) is 6.69. The van der Waals surface area contributed by atoms with E-state index in [2.05, 4.69) is 89.1 Å². The highest BCUT2D eigenvalue weighted by molar-refractivity contribution is 14.0. The Balaban J connectivity index is 0.00000300. The second kappa shape index (κ2) is 11.3. The number of nitrogens with one attached hydrogen (secondary N) is 2. The van der Waals surface area contributed by atoms with Crippen molar-refractivity contribution in [2.45, 2.75) is 51.1 Å². The van der Waals surface area contributed by atoms with Crippen LogP contribution in [0.3, 0.4) is 0 Å². The predicted octanol–water partition coefficient (Wildman–Crippen LogP) is 5.03. The van der Waals surface area contributed by atoms with Crippen molar-refractivity contribution < 1.29 is 0 Å². The number of hydrogen-bond acceptors (Lipinski definition) is 3. The van der Waals surface area contributed by atoms with Crippen LogP contribution in [0, 0.1) is 0 Å². The molecule has 0 amide bonds. The number of aliphatic imine (C=N–C) groups is 1. The Labute approximate surface area is 197 Å². The van der Waals surface area contributed by atoms with E-state index >= 15 is 0 Å². The van der Waals surface area contributed by atoms with Crippen molar-refractivity contribution in [2.24, 2.45) is 4.99 Å². The molecule has 1 aliphatic rings. The highest BCUT2D eigenvalue weighted by Crippen LogP contribution is 2.27. The molecule has 1 unspecified atom stereocenters. The molecule has 0 bridgehead atoms. The van der Waals surface area contributed by atoms with Crippen molar-refractivity contribution in [3.63, 3.8) is 0 Å². The monoisotopic (exact) mass is 526 g/mol. The van der Waals surface area contributed by atoms with Crippen LogP contribution in [-0.2, 0) is 5.41 Å². The van der Waals surface area contributed by atoms with Gasteiger partial charge in [-0.25, -0.2) is 0 Å². The van der Waals surface area contributed by atoms with E-state index in [0.29, 0.717) is 12.1 Å². The van der Waals surface area contributed by atoms with E-state index in [-0.39, 0.29) is 29.4 Å². The fourth-order valence-electron chi connectivity index (χ4n) is 3.82. The van der Waals surface area contributed by atoms with E-state index in [1.807, 2.05) is 18.4 Å². The van der Waals surface area contributed by atoms with Crippen molar-refractivity contribution >= 4 is 41.3 Å². The molecule has 1 atom stereocenters. The molecule has 0 saturated carbocycles. The largest absolute Gasteiger partial charge is 0.356 e. The molecule has 0 aliphatic carbocycles. The van der Waals surface area contributed by atoms with Gasteiger partial charge in [-0.2, -0.15) is 0 Å². The van der Waals surface area contributed by atoms with Gasteiger partial charge in [0, 0.05) is 49.1 Å². The van der Waals surface area contributed by atoms with Gasteiger partial charge >= 0.3 is 0 Å². The summed E-state index contributed by atoms with van der Waals surface area (Å²) in [4.78, 5) is 8.44. The fourth-order valence-corrected chi connectivity index (χ4v) is 4.67. The van der Waals surface area contributed by atoms with Crippen molar-refractivity contribution in [2.75, 3.05) is 26.7 Å². The highest BCUT2D eigenvalue weighted by Gasteiger charge is 2.25. The smallest absolute Gasteiger partial charge is 0.191 e. The summed E-state index contributed by atoms with van der Waals surface area (Å²) in [6.07, 6.45) is 2.29. The summed E-state index contributed by atoms with van der Waals surface area (Å²) in [6.45, 7) is 9.98. The lowest BCUT2D eigenvalue weighted by Gasteiger charge is -2.37. The Hall–Kier alpha value is -1.12. The molecule has 1 aliphatic heterocycles. The van der Waals surface area contributed by atoms with E-state index in [4.69, 9.17) is 0 Å². The summed E-state index contributed by atoms with van der Waals surface area (Å²) < 4.78 is 0. The van der Waals surface area contributed by atoms with Gasteiger partial charge in [-0.05, 0) is 36.8 Å². The first-order valence-corrected chi connectivity index (χ1v) is 11.2. The number of guanidine groups is 1. The normalized spacial score (nSPS) is 17.4. The van der Waals surface area contributed by atoms with Crippen molar-refractivity contribution in [1.29, 1.82) is 0 Å². The van der Waals surface area contributed by atoms with E-state index in [1.165, 1.54) is 10.4 Å². The summed E-state index contributed by atoms with van der Waals surface area (Å²) in [5.41, 5.74) is 1.50. The Morgan fingerprint density at radius 1 is 1.17 bits per heavy atom. The molecular formula is C23H35IN4S. The van der Waals surface area contributed by atoms with Gasteiger partial charge in [0.05, 0.1) is 0 Å². The van der Waals surface area contributed by atoms with Crippen LogP contribution in [0.2, 0.25) is 0 Å².